The van der Waals surface area contributed by atoms with Gasteiger partial charge in [0.25, 0.3) is 5.91 Å². The minimum Gasteiger partial charge on any atom is -0.361 e. The predicted molar refractivity (Wildman–Crippen MR) is 184 cm³/mol. The maximum absolute atomic E-state index is 14.2. The maximum Gasteiger partial charge on any atom is 0.318 e. The van der Waals surface area contributed by atoms with Gasteiger partial charge >= 0.3 is 6.03 Å². The Morgan fingerprint density at radius 2 is 1.72 bits per heavy atom. The van der Waals surface area contributed by atoms with Crippen LogP contribution in [0.2, 0.25) is 0 Å². The Bertz CT molecular complexity index is 1690. The Balaban J connectivity index is 1.41. The first kappa shape index (κ1) is 32.8. The lowest BCUT2D eigenvalue weighted by Crippen LogP contribution is -2.53. The van der Waals surface area contributed by atoms with Crippen molar-refractivity contribution in [1.29, 1.82) is 0 Å². The lowest BCUT2D eigenvalue weighted by molar-refractivity contribution is -0.118. The number of nitrogens with zero attached hydrogens (tertiary/aromatic N) is 2. The largest absolute Gasteiger partial charge is 0.361 e. The molecule has 1 aromatic heterocycles. The fourth-order valence-electron chi connectivity index (χ4n) is 6.55. The number of amides is 4. The van der Waals surface area contributed by atoms with Gasteiger partial charge in [0.2, 0.25) is 5.91 Å². The zero-order valence-corrected chi connectivity index (χ0v) is 27.5. The van der Waals surface area contributed by atoms with Gasteiger partial charge < -0.3 is 30.7 Å². The highest BCUT2D eigenvalue weighted by Crippen LogP contribution is 2.32. The van der Waals surface area contributed by atoms with Crippen LogP contribution in [0.1, 0.15) is 71.1 Å². The zero-order valence-electron chi connectivity index (χ0n) is 27.5. The Labute approximate surface area is 271 Å². The highest BCUT2D eigenvalue weighted by atomic mass is 16.2. The molecule has 1 saturated heterocycles. The van der Waals surface area contributed by atoms with E-state index in [0.29, 0.717) is 43.3 Å². The van der Waals surface area contributed by atoms with Gasteiger partial charge in [-0.05, 0) is 87.2 Å². The molecule has 0 bridgehead atoms. The molecule has 9 nitrogen and oxygen atoms in total. The number of hydrogen-bond acceptors (Lipinski definition) is 4. The standard InChI is InChI=1S/C37H46N6O3/c1-6-38-35(44)30-16-15-26(23-42(4)5)21-33(30)40-36(45)34(25(3)31-22-39-32-14-10-9-13-29(31)32)41-37(46)43-19-17-27(18-20-43)28-12-8-7-11-24(28)2/h7-16,21-22,25,27,34,39H,6,17-20,23H2,1-5H3,(H,38,44)(H,40,45)(H,41,46). The number of urea groups is 1. The molecule has 0 spiro atoms. The molecule has 4 aromatic rings. The number of fused-ring (bicyclic) bond motifs is 1. The monoisotopic (exact) mass is 622 g/mol. The number of aromatic amines is 1. The van der Waals surface area contributed by atoms with Gasteiger partial charge in [-0.15, -0.1) is 0 Å². The summed E-state index contributed by atoms with van der Waals surface area (Å²) in [5, 5.41) is 9.97. The molecule has 3 aromatic carbocycles. The van der Waals surface area contributed by atoms with Gasteiger partial charge in [-0.2, -0.15) is 0 Å². The van der Waals surface area contributed by atoms with Crippen LogP contribution in [0.5, 0.6) is 0 Å². The molecule has 5 rings (SSSR count). The topological polar surface area (TPSA) is 110 Å². The van der Waals surface area contributed by atoms with Gasteiger partial charge in [0, 0.05) is 49.2 Å². The lowest BCUT2D eigenvalue weighted by Gasteiger charge is -2.34. The highest BCUT2D eigenvalue weighted by Gasteiger charge is 2.33. The number of para-hydroxylation sites is 1. The number of carbonyl (C=O) groups is 3. The average molecular weight is 623 g/mol. The average Bonchev–Trinajstić information content (AvgIpc) is 3.48. The third kappa shape index (κ3) is 7.42. The second-order valence-corrected chi connectivity index (χ2v) is 12.6. The van der Waals surface area contributed by atoms with Crippen molar-refractivity contribution in [3.63, 3.8) is 0 Å². The van der Waals surface area contributed by atoms with Crippen molar-refractivity contribution in [3.8, 4) is 0 Å². The number of benzene rings is 3. The molecule has 4 amide bonds. The summed E-state index contributed by atoms with van der Waals surface area (Å²) in [7, 11) is 3.93. The third-order valence-electron chi connectivity index (χ3n) is 9.01. The second-order valence-electron chi connectivity index (χ2n) is 12.6. The molecule has 1 aliphatic rings. The smallest absolute Gasteiger partial charge is 0.318 e. The van der Waals surface area contributed by atoms with Crippen LogP contribution >= 0.6 is 0 Å². The molecule has 0 aliphatic carbocycles. The number of likely N-dealkylation sites (tertiary alicyclic amines) is 1. The zero-order chi connectivity index (χ0) is 32.8. The van der Waals surface area contributed by atoms with E-state index >= 15 is 0 Å². The van der Waals surface area contributed by atoms with Crippen LogP contribution in [-0.2, 0) is 11.3 Å². The Morgan fingerprint density at radius 3 is 2.43 bits per heavy atom. The third-order valence-corrected chi connectivity index (χ3v) is 9.01. The first-order valence-electron chi connectivity index (χ1n) is 16.2. The minimum atomic E-state index is -0.902. The Morgan fingerprint density at radius 1 is 1.00 bits per heavy atom. The first-order valence-corrected chi connectivity index (χ1v) is 16.2. The molecule has 0 radical (unpaired) electrons. The van der Waals surface area contributed by atoms with E-state index < -0.39 is 6.04 Å². The van der Waals surface area contributed by atoms with Crippen LogP contribution in [0, 0.1) is 6.92 Å². The van der Waals surface area contributed by atoms with Gasteiger partial charge in [0.05, 0.1) is 11.3 Å². The highest BCUT2D eigenvalue weighted by molar-refractivity contribution is 6.06. The molecule has 242 valence electrons. The van der Waals surface area contributed by atoms with Crippen molar-refractivity contribution < 1.29 is 14.4 Å². The van der Waals surface area contributed by atoms with Crippen LogP contribution in [0.15, 0.2) is 72.9 Å². The number of H-pyrrole nitrogens is 1. The predicted octanol–water partition coefficient (Wildman–Crippen LogP) is 5.99. The molecule has 1 aliphatic heterocycles. The van der Waals surface area contributed by atoms with Crippen LogP contribution < -0.4 is 16.0 Å². The van der Waals surface area contributed by atoms with E-state index in [9.17, 15) is 14.4 Å². The summed E-state index contributed by atoms with van der Waals surface area (Å²) in [5.41, 5.74) is 6.25. The number of hydrogen-bond donors (Lipinski definition) is 4. The SMILES string of the molecule is CCNC(=O)c1ccc(CN(C)C)cc1NC(=O)C(NC(=O)N1CCC(c2ccccc2C)CC1)C(C)c1c[nH]c2ccccc12. The number of piperidine rings is 1. The van der Waals surface area contributed by atoms with Crippen LogP contribution in [0.3, 0.4) is 0 Å². The molecule has 2 unspecified atom stereocenters. The number of aromatic nitrogens is 1. The van der Waals surface area contributed by atoms with Crippen molar-refractivity contribution in [3.05, 3.63) is 101 Å². The summed E-state index contributed by atoms with van der Waals surface area (Å²) in [6.45, 7) is 8.26. The molecule has 0 saturated carbocycles. The van der Waals surface area contributed by atoms with Crippen molar-refractivity contribution in [2.24, 2.45) is 0 Å². The van der Waals surface area contributed by atoms with E-state index in [0.717, 1.165) is 34.9 Å². The van der Waals surface area contributed by atoms with Crippen LogP contribution in [0.25, 0.3) is 10.9 Å². The maximum atomic E-state index is 14.2. The van der Waals surface area contributed by atoms with Crippen molar-refractivity contribution >= 4 is 34.4 Å². The van der Waals surface area contributed by atoms with E-state index in [4.69, 9.17) is 0 Å². The summed E-state index contributed by atoms with van der Waals surface area (Å²) >= 11 is 0. The van der Waals surface area contributed by atoms with E-state index in [2.05, 4.69) is 52.1 Å². The second kappa shape index (κ2) is 14.6. The molecule has 46 heavy (non-hydrogen) atoms. The molecule has 4 N–H and O–H groups in total. The van der Waals surface area contributed by atoms with Gasteiger partial charge in [-0.3, -0.25) is 9.59 Å². The fraction of sp³-hybridized carbons (Fsp3) is 0.378. The normalized spacial score (nSPS) is 15.0. The van der Waals surface area contributed by atoms with Crippen LogP contribution in [-0.4, -0.2) is 72.4 Å². The quantitative estimate of drug-likeness (QED) is 0.174. The summed E-state index contributed by atoms with van der Waals surface area (Å²) in [5.74, 6) is -0.622. The summed E-state index contributed by atoms with van der Waals surface area (Å²) < 4.78 is 0. The number of nitrogens with one attached hydrogen (secondary N) is 4. The molecular formula is C37H46N6O3. The molecule has 9 heteroatoms. The van der Waals surface area contributed by atoms with Crippen LogP contribution in [0.4, 0.5) is 10.5 Å². The van der Waals surface area contributed by atoms with Gasteiger partial charge in [0.15, 0.2) is 0 Å². The first-order chi connectivity index (χ1) is 22.2. The molecular weight excluding hydrogens is 576 g/mol. The van der Waals surface area contributed by atoms with Gasteiger partial charge in [0.1, 0.15) is 6.04 Å². The van der Waals surface area contributed by atoms with E-state index in [1.165, 1.54) is 11.1 Å². The summed E-state index contributed by atoms with van der Waals surface area (Å²) in [4.78, 5) is 48.2. The van der Waals surface area contributed by atoms with E-state index in [-0.39, 0.29) is 23.8 Å². The minimum absolute atomic E-state index is 0.264. The molecule has 2 atom stereocenters. The number of anilines is 1. The summed E-state index contributed by atoms with van der Waals surface area (Å²) in [6, 6.07) is 20.7. The summed E-state index contributed by atoms with van der Waals surface area (Å²) in [6.07, 6.45) is 3.64. The van der Waals surface area contributed by atoms with E-state index in [1.807, 2.05) is 80.3 Å². The van der Waals surface area contributed by atoms with Crippen molar-refractivity contribution in [2.75, 3.05) is 39.0 Å². The fourth-order valence-corrected chi connectivity index (χ4v) is 6.55. The lowest BCUT2D eigenvalue weighted by atomic mass is 9.87. The van der Waals surface area contributed by atoms with Gasteiger partial charge in [-0.25, -0.2) is 4.79 Å². The Kier molecular flexibility index (Phi) is 10.4. The Hall–Kier alpha value is -4.63. The van der Waals surface area contributed by atoms with Crippen molar-refractivity contribution in [2.45, 2.75) is 58.0 Å². The van der Waals surface area contributed by atoms with E-state index in [1.54, 1.807) is 6.07 Å². The number of carbonyl (C=O) groups excluding carboxylic acids is 3. The van der Waals surface area contributed by atoms with Gasteiger partial charge in [-0.1, -0.05) is 55.5 Å². The van der Waals surface area contributed by atoms with Crippen molar-refractivity contribution in [1.82, 2.24) is 25.4 Å². The molecule has 1 fully saturated rings. The molecule has 2 heterocycles. The number of rotatable bonds is 10. The number of aryl methyl sites for hydroxylation is 1.